The Morgan fingerprint density at radius 1 is 0.903 bits per heavy atom. The summed E-state index contributed by atoms with van der Waals surface area (Å²) in [5.74, 6) is 0.818. The van der Waals surface area contributed by atoms with Crippen LogP contribution in [0.5, 0.6) is 0 Å². The summed E-state index contributed by atoms with van der Waals surface area (Å²) in [4.78, 5) is 16.5. The highest BCUT2D eigenvalue weighted by Gasteiger charge is 2.22. The van der Waals surface area contributed by atoms with Crippen molar-refractivity contribution in [3.8, 4) is 11.3 Å². The van der Waals surface area contributed by atoms with Crippen molar-refractivity contribution in [3.05, 3.63) is 69.7 Å². The number of nitrogens with zero attached hydrogens (tertiary/aromatic N) is 4. The summed E-state index contributed by atoms with van der Waals surface area (Å²) >= 11 is 11.9. The number of rotatable bonds is 3. The van der Waals surface area contributed by atoms with Crippen molar-refractivity contribution < 1.29 is 4.79 Å². The molecule has 4 rings (SSSR count). The predicted octanol–water partition coefficient (Wildman–Crippen LogP) is 5.42. The number of benzene rings is 2. The van der Waals surface area contributed by atoms with Crippen molar-refractivity contribution >= 4 is 40.7 Å². The van der Waals surface area contributed by atoms with Crippen molar-refractivity contribution in [2.45, 2.75) is 13.8 Å². The Morgan fingerprint density at radius 3 is 2.32 bits per heavy atom. The van der Waals surface area contributed by atoms with Gasteiger partial charge in [-0.05, 0) is 49.7 Å². The molecule has 0 spiro atoms. The Hall–Kier alpha value is -2.83. The smallest absolute Gasteiger partial charge is 0.321 e. The van der Waals surface area contributed by atoms with Gasteiger partial charge >= 0.3 is 6.03 Å². The average Bonchev–Trinajstić information content (AvgIpc) is 2.77. The molecule has 0 saturated carbocycles. The number of aromatic nitrogens is 2. The molecule has 1 N–H and O–H groups in total. The van der Waals surface area contributed by atoms with E-state index in [0.29, 0.717) is 41.9 Å². The van der Waals surface area contributed by atoms with E-state index in [9.17, 15) is 4.79 Å². The lowest BCUT2D eigenvalue weighted by atomic mass is 10.0. The molecule has 1 saturated heterocycles. The monoisotopic (exact) mass is 455 g/mol. The van der Waals surface area contributed by atoms with Crippen molar-refractivity contribution in [1.29, 1.82) is 0 Å². The van der Waals surface area contributed by atoms with E-state index < -0.39 is 0 Å². The van der Waals surface area contributed by atoms with E-state index >= 15 is 0 Å². The molecule has 0 bridgehead atoms. The zero-order valence-corrected chi connectivity index (χ0v) is 18.9. The second-order valence-electron chi connectivity index (χ2n) is 7.63. The maximum Gasteiger partial charge on any atom is 0.321 e. The van der Waals surface area contributed by atoms with Gasteiger partial charge in [-0.1, -0.05) is 47.0 Å². The molecular weight excluding hydrogens is 433 g/mol. The fourth-order valence-electron chi connectivity index (χ4n) is 3.65. The number of piperazine rings is 1. The number of hydrogen-bond donors (Lipinski definition) is 1. The number of hydrogen-bond acceptors (Lipinski definition) is 4. The van der Waals surface area contributed by atoms with Gasteiger partial charge < -0.3 is 15.1 Å². The van der Waals surface area contributed by atoms with Crippen LogP contribution in [0.15, 0.2) is 48.5 Å². The summed E-state index contributed by atoms with van der Waals surface area (Å²) in [5, 5.41) is 12.6. The summed E-state index contributed by atoms with van der Waals surface area (Å²) in [5.41, 5.74) is 4.99. The second kappa shape index (κ2) is 9.12. The first-order chi connectivity index (χ1) is 14.9. The number of halogens is 2. The molecule has 0 atom stereocenters. The molecule has 0 aliphatic carbocycles. The fraction of sp³-hybridized carbons (Fsp3) is 0.261. The third kappa shape index (κ3) is 4.92. The van der Waals surface area contributed by atoms with Gasteiger partial charge in [0.15, 0.2) is 5.82 Å². The fourth-order valence-corrected chi connectivity index (χ4v) is 3.95. The summed E-state index contributed by atoms with van der Waals surface area (Å²) in [7, 11) is 0. The predicted molar refractivity (Wildman–Crippen MR) is 126 cm³/mol. The normalized spacial score (nSPS) is 13.9. The number of anilines is 2. The lowest BCUT2D eigenvalue weighted by molar-refractivity contribution is 0.208. The molecule has 1 fully saturated rings. The minimum atomic E-state index is -0.158. The van der Waals surface area contributed by atoms with Crippen LogP contribution < -0.4 is 10.2 Å². The number of nitrogens with one attached hydrogen (secondary N) is 1. The van der Waals surface area contributed by atoms with Gasteiger partial charge in [-0.3, -0.25) is 0 Å². The Kier molecular flexibility index (Phi) is 6.30. The molecule has 0 radical (unpaired) electrons. The van der Waals surface area contributed by atoms with Gasteiger partial charge in [0.1, 0.15) is 0 Å². The molecule has 2 amide bonds. The standard InChI is InChI=1S/C23H23Cl2N5O/c1-15-3-5-18(16(2)13-15)21-7-8-22(28-27-21)29-9-11-30(12-10-29)23(31)26-17-4-6-19(24)20(25)14-17/h3-8,13-14H,9-12H2,1-2H3,(H,26,31). The van der Waals surface area contributed by atoms with E-state index in [1.54, 1.807) is 23.1 Å². The van der Waals surface area contributed by atoms with Gasteiger partial charge in [-0.2, -0.15) is 0 Å². The highest BCUT2D eigenvalue weighted by Crippen LogP contribution is 2.26. The van der Waals surface area contributed by atoms with Crippen LogP contribution in [-0.2, 0) is 0 Å². The molecule has 2 aromatic carbocycles. The van der Waals surface area contributed by atoms with Crippen molar-refractivity contribution in [1.82, 2.24) is 15.1 Å². The van der Waals surface area contributed by atoms with Gasteiger partial charge in [-0.25, -0.2) is 4.79 Å². The maximum absolute atomic E-state index is 12.6. The van der Waals surface area contributed by atoms with Crippen LogP contribution in [0, 0.1) is 13.8 Å². The third-order valence-electron chi connectivity index (χ3n) is 5.37. The molecule has 1 aromatic heterocycles. The minimum Gasteiger partial charge on any atom is -0.352 e. The molecule has 2 heterocycles. The van der Waals surface area contributed by atoms with Crippen LogP contribution in [0.1, 0.15) is 11.1 Å². The lowest BCUT2D eigenvalue weighted by Crippen LogP contribution is -2.50. The summed E-state index contributed by atoms with van der Waals surface area (Å²) < 4.78 is 0. The van der Waals surface area contributed by atoms with Crippen LogP contribution in [0.2, 0.25) is 10.0 Å². The van der Waals surface area contributed by atoms with Crippen molar-refractivity contribution in [3.63, 3.8) is 0 Å². The summed E-state index contributed by atoms with van der Waals surface area (Å²) in [6.07, 6.45) is 0. The highest BCUT2D eigenvalue weighted by atomic mass is 35.5. The lowest BCUT2D eigenvalue weighted by Gasteiger charge is -2.35. The Balaban J connectivity index is 1.36. The molecule has 8 heteroatoms. The largest absolute Gasteiger partial charge is 0.352 e. The zero-order valence-electron chi connectivity index (χ0n) is 17.4. The molecule has 1 aliphatic heterocycles. The van der Waals surface area contributed by atoms with E-state index in [2.05, 4.69) is 52.5 Å². The Morgan fingerprint density at radius 2 is 1.68 bits per heavy atom. The van der Waals surface area contributed by atoms with E-state index in [1.807, 2.05) is 12.1 Å². The average molecular weight is 456 g/mol. The number of urea groups is 1. The van der Waals surface area contributed by atoms with Crippen LogP contribution in [-0.4, -0.2) is 47.3 Å². The van der Waals surface area contributed by atoms with Gasteiger partial charge in [0.05, 0.1) is 15.7 Å². The van der Waals surface area contributed by atoms with Crippen LogP contribution >= 0.6 is 23.2 Å². The first-order valence-electron chi connectivity index (χ1n) is 10.1. The Bertz CT molecular complexity index is 1100. The summed E-state index contributed by atoms with van der Waals surface area (Å²) in [6, 6.07) is 15.2. The third-order valence-corrected chi connectivity index (χ3v) is 6.11. The van der Waals surface area contributed by atoms with Gasteiger partial charge in [-0.15, -0.1) is 10.2 Å². The van der Waals surface area contributed by atoms with E-state index in [4.69, 9.17) is 23.2 Å². The van der Waals surface area contributed by atoms with Crippen molar-refractivity contribution in [2.24, 2.45) is 0 Å². The Labute approximate surface area is 191 Å². The molecule has 0 unspecified atom stereocenters. The highest BCUT2D eigenvalue weighted by molar-refractivity contribution is 6.42. The first-order valence-corrected chi connectivity index (χ1v) is 10.8. The maximum atomic E-state index is 12.6. The minimum absolute atomic E-state index is 0.158. The molecule has 160 valence electrons. The topological polar surface area (TPSA) is 61.4 Å². The van der Waals surface area contributed by atoms with Crippen molar-refractivity contribution in [2.75, 3.05) is 36.4 Å². The molecule has 3 aromatic rings. The van der Waals surface area contributed by atoms with Crippen LogP contribution in [0.4, 0.5) is 16.3 Å². The van der Waals surface area contributed by atoms with Crippen LogP contribution in [0.3, 0.4) is 0 Å². The zero-order chi connectivity index (χ0) is 22.0. The molecular formula is C23H23Cl2N5O. The molecule has 31 heavy (non-hydrogen) atoms. The SMILES string of the molecule is Cc1ccc(-c2ccc(N3CCN(C(=O)Nc4ccc(Cl)c(Cl)c4)CC3)nn2)c(C)c1. The quantitative estimate of drug-likeness (QED) is 0.572. The second-order valence-corrected chi connectivity index (χ2v) is 8.44. The molecule has 6 nitrogen and oxygen atoms in total. The van der Waals surface area contributed by atoms with Crippen LogP contribution in [0.25, 0.3) is 11.3 Å². The van der Waals surface area contributed by atoms with E-state index in [1.165, 1.54) is 11.1 Å². The number of carbonyl (C=O) groups is 1. The van der Waals surface area contributed by atoms with Gasteiger partial charge in [0.2, 0.25) is 0 Å². The van der Waals surface area contributed by atoms with E-state index in [0.717, 1.165) is 17.1 Å². The first kappa shape index (κ1) is 21.4. The number of amides is 2. The number of aryl methyl sites for hydroxylation is 2. The van der Waals surface area contributed by atoms with Gasteiger partial charge in [0.25, 0.3) is 0 Å². The van der Waals surface area contributed by atoms with E-state index in [-0.39, 0.29) is 6.03 Å². The molecule has 1 aliphatic rings. The number of carbonyl (C=O) groups excluding carboxylic acids is 1. The van der Waals surface area contributed by atoms with Gasteiger partial charge in [0, 0.05) is 37.4 Å². The summed E-state index contributed by atoms with van der Waals surface area (Å²) in [6.45, 7) is 6.72.